The van der Waals surface area contributed by atoms with Crippen molar-refractivity contribution in [3.8, 4) is 11.3 Å². The Hall–Kier alpha value is -3.37. The summed E-state index contributed by atoms with van der Waals surface area (Å²) in [5, 5.41) is 21.0. The van der Waals surface area contributed by atoms with Gasteiger partial charge in [-0.2, -0.15) is 5.10 Å². The van der Waals surface area contributed by atoms with Crippen molar-refractivity contribution >= 4 is 11.7 Å². The molecule has 0 fully saturated rings. The Kier molecular flexibility index (Phi) is 7.04. The third-order valence-electron chi connectivity index (χ3n) is 4.35. The quantitative estimate of drug-likeness (QED) is 0.359. The second-order valence-electron chi connectivity index (χ2n) is 6.66. The molecule has 158 valence electrons. The lowest BCUT2D eigenvalue weighted by atomic mass is 10.1. The van der Waals surface area contributed by atoms with Crippen molar-refractivity contribution in [3.05, 3.63) is 65.5 Å². The van der Waals surface area contributed by atoms with Gasteiger partial charge in [0.2, 0.25) is 0 Å². The van der Waals surface area contributed by atoms with E-state index in [0.29, 0.717) is 18.5 Å². The van der Waals surface area contributed by atoms with Crippen LogP contribution in [0.1, 0.15) is 15.9 Å². The van der Waals surface area contributed by atoms with Gasteiger partial charge in [0.05, 0.1) is 18.4 Å². The van der Waals surface area contributed by atoms with E-state index in [1.54, 1.807) is 12.1 Å². The molecule has 1 aromatic carbocycles. The Morgan fingerprint density at radius 3 is 2.83 bits per heavy atom. The zero-order chi connectivity index (χ0) is 21.5. The van der Waals surface area contributed by atoms with Crippen LogP contribution >= 0.6 is 0 Å². The summed E-state index contributed by atoms with van der Waals surface area (Å²) in [4.78, 5) is 16.8. The average Bonchev–Trinajstić information content (AvgIpc) is 3.27. The zero-order valence-corrected chi connectivity index (χ0v) is 16.0. The second kappa shape index (κ2) is 9.90. The summed E-state index contributed by atoms with van der Waals surface area (Å²) >= 11 is 0. The Bertz CT molecular complexity index is 997. The maximum atomic E-state index is 14.6. The summed E-state index contributed by atoms with van der Waals surface area (Å²) in [5.41, 5.74) is 6.81. The molecule has 10 heteroatoms. The highest BCUT2D eigenvalue weighted by atomic mass is 19.1. The van der Waals surface area contributed by atoms with Crippen LogP contribution in [-0.2, 0) is 6.42 Å². The summed E-state index contributed by atoms with van der Waals surface area (Å²) in [6.07, 6.45) is 3.37. The second-order valence-corrected chi connectivity index (χ2v) is 6.66. The molecule has 0 aliphatic rings. The number of amides is 1. The number of nitrogens with zero attached hydrogens (tertiary/aromatic N) is 2. The van der Waals surface area contributed by atoms with Crippen molar-refractivity contribution in [2.75, 3.05) is 25.0 Å². The molecule has 0 radical (unpaired) electrons. The predicted molar refractivity (Wildman–Crippen MR) is 108 cm³/mol. The predicted octanol–water partition coefficient (Wildman–Crippen LogP) is 1.45. The van der Waals surface area contributed by atoms with E-state index in [1.165, 1.54) is 24.5 Å². The Morgan fingerprint density at radius 1 is 1.30 bits per heavy atom. The molecule has 0 spiro atoms. The van der Waals surface area contributed by atoms with Crippen LogP contribution < -0.4 is 16.4 Å². The molecule has 2 aromatic heterocycles. The van der Waals surface area contributed by atoms with Gasteiger partial charge in [0.1, 0.15) is 17.3 Å². The number of halogens is 2. The van der Waals surface area contributed by atoms with Crippen LogP contribution in [0.5, 0.6) is 0 Å². The van der Waals surface area contributed by atoms with Gasteiger partial charge in [-0.1, -0.05) is 12.1 Å². The van der Waals surface area contributed by atoms with Crippen LogP contribution in [0, 0.1) is 11.6 Å². The number of aliphatic hydroxyl groups is 1. The summed E-state index contributed by atoms with van der Waals surface area (Å²) in [6.45, 7) is 0.0531. The molecule has 0 saturated carbocycles. The van der Waals surface area contributed by atoms with Crippen LogP contribution in [0.3, 0.4) is 0 Å². The first kappa shape index (κ1) is 21.3. The maximum Gasteiger partial charge on any atom is 0.255 e. The molecule has 3 aromatic rings. The SMILES string of the molecule is N[C@@H](CO)CNC(=O)c1cc(F)c(-c2cn[nH]c2)nc1NCCc1cccc(F)c1. The number of anilines is 1. The summed E-state index contributed by atoms with van der Waals surface area (Å²) in [5.74, 6) is -1.45. The van der Waals surface area contributed by atoms with Gasteiger partial charge in [0, 0.05) is 30.9 Å². The topological polar surface area (TPSA) is 129 Å². The van der Waals surface area contributed by atoms with E-state index in [9.17, 15) is 13.6 Å². The Balaban J connectivity index is 1.83. The molecule has 0 unspecified atom stereocenters. The monoisotopic (exact) mass is 416 g/mol. The number of hydrogen-bond donors (Lipinski definition) is 5. The molecule has 6 N–H and O–H groups in total. The summed E-state index contributed by atoms with van der Waals surface area (Å²) in [7, 11) is 0. The zero-order valence-electron chi connectivity index (χ0n) is 16.0. The van der Waals surface area contributed by atoms with Crippen molar-refractivity contribution in [2.45, 2.75) is 12.5 Å². The highest BCUT2D eigenvalue weighted by Crippen LogP contribution is 2.25. The third kappa shape index (κ3) is 5.37. The number of benzene rings is 1. The number of pyridine rings is 1. The van der Waals surface area contributed by atoms with Gasteiger partial charge in [-0.05, 0) is 30.2 Å². The van der Waals surface area contributed by atoms with Crippen LogP contribution in [0.2, 0.25) is 0 Å². The molecule has 1 amide bonds. The van der Waals surface area contributed by atoms with Crippen LogP contribution in [-0.4, -0.2) is 51.9 Å². The lowest BCUT2D eigenvalue weighted by molar-refractivity contribution is 0.0948. The molecule has 0 bridgehead atoms. The lowest BCUT2D eigenvalue weighted by Crippen LogP contribution is -2.39. The molecule has 3 rings (SSSR count). The highest BCUT2D eigenvalue weighted by Gasteiger charge is 2.19. The first-order chi connectivity index (χ1) is 14.5. The van der Waals surface area contributed by atoms with Gasteiger partial charge in [-0.25, -0.2) is 13.8 Å². The van der Waals surface area contributed by atoms with E-state index < -0.39 is 17.8 Å². The number of aliphatic hydroxyl groups excluding tert-OH is 1. The lowest BCUT2D eigenvalue weighted by Gasteiger charge is -2.15. The van der Waals surface area contributed by atoms with Gasteiger partial charge < -0.3 is 21.5 Å². The Morgan fingerprint density at radius 2 is 2.13 bits per heavy atom. The molecule has 2 heterocycles. The number of aromatic nitrogens is 3. The third-order valence-corrected chi connectivity index (χ3v) is 4.35. The van der Waals surface area contributed by atoms with Crippen molar-refractivity contribution in [1.82, 2.24) is 20.5 Å². The first-order valence-corrected chi connectivity index (χ1v) is 9.30. The van der Waals surface area contributed by atoms with Crippen molar-refractivity contribution in [2.24, 2.45) is 5.73 Å². The fourth-order valence-corrected chi connectivity index (χ4v) is 2.78. The molecule has 0 aliphatic carbocycles. The van der Waals surface area contributed by atoms with Crippen molar-refractivity contribution < 1.29 is 18.7 Å². The van der Waals surface area contributed by atoms with Crippen molar-refractivity contribution in [3.63, 3.8) is 0 Å². The number of rotatable bonds is 9. The summed E-state index contributed by atoms with van der Waals surface area (Å²) < 4.78 is 28.0. The number of carbonyl (C=O) groups excluding carboxylic acids is 1. The van der Waals surface area contributed by atoms with E-state index in [2.05, 4.69) is 25.8 Å². The minimum absolute atomic E-state index is 0.0101. The van der Waals surface area contributed by atoms with E-state index in [-0.39, 0.29) is 36.0 Å². The molecule has 0 saturated heterocycles. The van der Waals surface area contributed by atoms with E-state index in [4.69, 9.17) is 10.8 Å². The smallest absolute Gasteiger partial charge is 0.255 e. The van der Waals surface area contributed by atoms with E-state index in [1.807, 2.05) is 0 Å². The van der Waals surface area contributed by atoms with Gasteiger partial charge in [0.15, 0.2) is 5.82 Å². The number of H-pyrrole nitrogens is 1. The number of nitrogens with two attached hydrogens (primary N) is 1. The number of nitrogens with one attached hydrogen (secondary N) is 3. The van der Waals surface area contributed by atoms with Gasteiger partial charge in [-0.3, -0.25) is 9.89 Å². The highest BCUT2D eigenvalue weighted by molar-refractivity contribution is 5.99. The fourth-order valence-electron chi connectivity index (χ4n) is 2.78. The minimum atomic E-state index is -0.691. The molecule has 30 heavy (non-hydrogen) atoms. The minimum Gasteiger partial charge on any atom is -0.395 e. The van der Waals surface area contributed by atoms with E-state index >= 15 is 0 Å². The number of hydrogen-bond acceptors (Lipinski definition) is 6. The molecule has 0 aliphatic heterocycles. The standard InChI is InChI=1S/C20H22F2N6O2/c21-14-3-1-2-12(6-14)4-5-24-19-16(20(30)25-10-15(23)11-29)7-17(22)18(28-19)13-8-26-27-9-13/h1-3,6-9,15,29H,4-5,10-11,23H2,(H,24,28)(H,25,30)(H,26,27)/t15-/m1/s1. The maximum absolute atomic E-state index is 14.6. The number of carbonyl (C=O) groups is 1. The normalized spacial score (nSPS) is 11.9. The largest absolute Gasteiger partial charge is 0.395 e. The molecular weight excluding hydrogens is 394 g/mol. The summed E-state index contributed by atoms with van der Waals surface area (Å²) in [6, 6.07) is 6.61. The van der Waals surface area contributed by atoms with Crippen LogP contribution in [0.4, 0.5) is 14.6 Å². The van der Waals surface area contributed by atoms with Gasteiger partial charge in [-0.15, -0.1) is 0 Å². The van der Waals surface area contributed by atoms with Crippen molar-refractivity contribution in [1.29, 1.82) is 0 Å². The molecular formula is C20H22F2N6O2. The fraction of sp³-hybridized carbons (Fsp3) is 0.250. The van der Waals surface area contributed by atoms with Gasteiger partial charge in [0.25, 0.3) is 5.91 Å². The first-order valence-electron chi connectivity index (χ1n) is 9.30. The Labute approximate surface area is 171 Å². The van der Waals surface area contributed by atoms with Crippen LogP contribution in [0.25, 0.3) is 11.3 Å². The van der Waals surface area contributed by atoms with Crippen LogP contribution in [0.15, 0.2) is 42.7 Å². The van der Waals surface area contributed by atoms with E-state index in [0.717, 1.165) is 11.6 Å². The number of aromatic amines is 1. The molecule has 8 nitrogen and oxygen atoms in total. The molecule has 1 atom stereocenters. The van der Waals surface area contributed by atoms with Gasteiger partial charge >= 0.3 is 0 Å². The average molecular weight is 416 g/mol.